The van der Waals surface area contributed by atoms with Crippen molar-refractivity contribution in [3.05, 3.63) is 84.1 Å². The number of nitrogen functional groups attached to an aromatic ring is 1. The maximum Gasteiger partial charge on any atom is 0.150 e. The first-order valence-electron chi connectivity index (χ1n) is 13.7. The quantitative estimate of drug-likeness (QED) is 0.459. The van der Waals surface area contributed by atoms with Gasteiger partial charge in [0.2, 0.25) is 0 Å². The van der Waals surface area contributed by atoms with Gasteiger partial charge in [-0.1, -0.05) is 55.5 Å². The summed E-state index contributed by atoms with van der Waals surface area (Å²) >= 11 is 0. The average molecular weight is 493 g/mol. The summed E-state index contributed by atoms with van der Waals surface area (Å²) in [6.07, 6.45) is 18.5. The van der Waals surface area contributed by atoms with Crippen molar-refractivity contribution in [2.24, 2.45) is 16.8 Å². The van der Waals surface area contributed by atoms with Crippen molar-refractivity contribution in [3.8, 4) is 0 Å². The highest BCUT2D eigenvalue weighted by Gasteiger charge is 2.29. The van der Waals surface area contributed by atoms with Crippen LogP contribution in [0.4, 0.5) is 5.82 Å². The lowest BCUT2D eigenvalue weighted by molar-refractivity contribution is 0.228. The summed E-state index contributed by atoms with van der Waals surface area (Å²) < 4.78 is 2.19. The van der Waals surface area contributed by atoms with Crippen LogP contribution >= 0.6 is 0 Å². The number of nitrogens with two attached hydrogens (primary N) is 1. The smallest absolute Gasteiger partial charge is 0.150 e. The summed E-state index contributed by atoms with van der Waals surface area (Å²) in [6, 6.07) is 10.4. The molecule has 0 radical (unpaired) electrons. The van der Waals surface area contributed by atoms with Crippen LogP contribution in [0.1, 0.15) is 62.0 Å². The Morgan fingerprint density at radius 1 is 1.11 bits per heavy atom. The molecule has 1 saturated carbocycles. The number of anilines is 1. The molecule has 1 fully saturated rings. The molecule has 3 heterocycles. The Balaban J connectivity index is 1.32. The van der Waals surface area contributed by atoms with Gasteiger partial charge in [-0.3, -0.25) is 9.39 Å². The fourth-order valence-corrected chi connectivity index (χ4v) is 6.06. The minimum Gasteiger partial charge on any atom is -0.382 e. The van der Waals surface area contributed by atoms with Gasteiger partial charge in [-0.15, -0.1) is 0 Å². The number of imidazole rings is 1. The molecular weight excluding hydrogens is 456 g/mol. The lowest BCUT2D eigenvalue weighted by Crippen LogP contribution is -2.28. The van der Waals surface area contributed by atoms with E-state index in [9.17, 15) is 0 Å². The molecule has 6 rings (SSSR count). The normalized spacial score (nSPS) is 23.5. The Bertz CT molecular complexity index is 1400. The molecule has 37 heavy (non-hydrogen) atoms. The zero-order chi connectivity index (χ0) is 25.4. The maximum atomic E-state index is 6.46. The maximum absolute atomic E-state index is 6.46. The largest absolute Gasteiger partial charge is 0.382 e. The fraction of sp³-hybridized carbons (Fsp3) is 0.387. The number of aliphatic imine (C=N–C) groups is 1. The first-order chi connectivity index (χ1) is 18.1. The van der Waals surface area contributed by atoms with Gasteiger partial charge in [0.15, 0.2) is 0 Å². The number of fused-ring (bicyclic) bond motifs is 2. The predicted molar refractivity (Wildman–Crippen MR) is 152 cm³/mol. The fourth-order valence-electron chi connectivity index (χ4n) is 6.06. The van der Waals surface area contributed by atoms with Crippen LogP contribution in [0, 0.1) is 11.8 Å². The van der Waals surface area contributed by atoms with Crippen molar-refractivity contribution in [2.75, 3.05) is 25.9 Å². The molecule has 0 bridgehead atoms. The molecule has 2 aliphatic carbocycles. The van der Waals surface area contributed by atoms with E-state index in [0.717, 1.165) is 71.3 Å². The molecule has 1 aliphatic heterocycles. The summed E-state index contributed by atoms with van der Waals surface area (Å²) in [6.45, 7) is 4.53. The number of aromatic nitrogens is 3. The molecule has 0 spiro atoms. The van der Waals surface area contributed by atoms with Crippen LogP contribution in [0.15, 0.2) is 72.0 Å². The van der Waals surface area contributed by atoms with Crippen LogP contribution in [-0.2, 0) is 0 Å². The van der Waals surface area contributed by atoms with E-state index in [2.05, 4.69) is 76.8 Å². The Kier molecular flexibility index (Phi) is 6.51. The lowest BCUT2D eigenvalue weighted by atomic mass is 9.81. The topological polar surface area (TPSA) is 71.8 Å². The van der Waals surface area contributed by atoms with Crippen molar-refractivity contribution >= 4 is 28.3 Å². The second-order valence-corrected chi connectivity index (χ2v) is 10.7. The van der Waals surface area contributed by atoms with E-state index in [0.29, 0.717) is 17.7 Å². The van der Waals surface area contributed by atoms with Crippen LogP contribution in [-0.4, -0.2) is 45.1 Å². The van der Waals surface area contributed by atoms with E-state index in [1.165, 1.54) is 19.4 Å². The lowest BCUT2D eigenvalue weighted by Gasteiger charge is -2.30. The zero-order valence-corrected chi connectivity index (χ0v) is 21.8. The molecule has 0 amide bonds. The van der Waals surface area contributed by atoms with E-state index in [4.69, 9.17) is 15.7 Å². The van der Waals surface area contributed by atoms with Crippen LogP contribution in [0.25, 0.3) is 16.8 Å². The van der Waals surface area contributed by atoms with E-state index < -0.39 is 0 Å². The average Bonchev–Trinajstić information content (AvgIpc) is 3.34. The Labute approximate surface area is 219 Å². The zero-order valence-electron chi connectivity index (χ0n) is 21.8. The molecule has 0 saturated heterocycles. The van der Waals surface area contributed by atoms with Gasteiger partial charge in [-0.05, 0) is 63.3 Å². The number of rotatable bonds is 6. The van der Waals surface area contributed by atoms with Crippen LogP contribution < -0.4 is 5.73 Å². The SMILES string of the molecule is CCN(C)CC1CCC(c2nc(C3=CC4=NC(c5ccccc5)=CCC4C=C3)c3c(N)nccn23)CC1. The molecule has 1 atom stereocenters. The van der Waals surface area contributed by atoms with E-state index in [1.54, 1.807) is 6.20 Å². The molecule has 6 nitrogen and oxygen atoms in total. The van der Waals surface area contributed by atoms with Crippen molar-refractivity contribution in [1.29, 1.82) is 0 Å². The van der Waals surface area contributed by atoms with Gasteiger partial charge >= 0.3 is 0 Å². The van der Waals surface area contributed by atoms with E-state index >= 15 is 0 Å². The second kappa shape index (κ2) is 10.1. The highest BCUT2D eigenvalue weighted by atomic mass is 15.1. The molecule has 3 aliphatic rings. The minimum absolute atomic E-state index is 0.302. The highest BCUT2D eigenvalue weighted by molar-refractivity contribution is 6.10. The number of hydrogen-bond donors (Lipinski definition) is 1. The van der Waals surface area contributed by atoms with E-state index in [-0.39, 0.29) is 0 Å². The van der Waals surface area contributed by atoms with Crippen LogP contribution in [0.5, 0.6) is 0 Å². The summed E-state index contributed by atoms with van der Waals surface area (Å²) in [5, 5.41) is 0. The first kappa shape index (κ1) is 23.9. The molecule has 190 valence electrons. The van der Waals surface area contributed by atoms with Gasteiger partial charge in [-0.25, -0.2) is 9.97 Å². The number of hydrogen-bond acceptors (Lipinski definition) is 5. The molecule has 3 aromatic rings. The molecule has 1 unspecified atom stereocenters. The van der Waals surface area contributed by atoms with Crippen molar-refractivity contribution in [3.63, 3.8) is 0 Å². The van der Waals surface area contributed by atoms with Gasteiger partial charge < -0.3 is 10.6 Å². The second-order valence-electron chi connectivity index (χ2n) is 10.7. The number of nitrogens with zero attached hydrogens (tertiary/aromatic N) is 5. The van der Waals surface area contributed by atoms with Gasteiger partial charge in [0.25, 0.3) is 0 Å². The predicted octanol–water partition coefficient (Wildman–Crippen LogP) is 5.99. The summed E-state index contributed by atoms with van der Waals surface area (Å²) in [7, 11) is 2.22. The summed E-state index contributed by atoms with van der Waals surface area (Å²) in [5.74, 6) is 3.16. The molecule has 2 aromatic heterocycles. The van der Waals surface area contributed by atoms with Crippen LogP contribution in [0.3, 0.4) is 0 Å². The minimum atomic E-state index is 0.302. The number of allylic oxidation sites excluding steroid dienone is 5. The Morgan fingerprint density at radius 3 is 2.70 bits per heavy atom. The highest BCUT2D eigenvalue weighted by Crippen LogP contribution is 2.39. The Hall–Kier alpha value is -3.51. The molecular formula is C31H36N6. The summed E-state index contributed by atoms with van der Waals surface area (Å²) in [4.78, 5) is 17.2. The van der Waals surface area contributed by atoms with Gasteiger partial charge in [0.1, 0.15) is 22.9 Å². The van der Waals surface area contributed by atoms with Crippen molar-refractivity contribution in [1.82, 2.24) is 19.3 Å². The first-order valence-corrected chi connectivity index (χ1v) is 13.7. The Morgan fingerprint density at radius 2 is 1.92 bits per heavy atom. The number of benzene rings is 1. The molecule has 6 heteroatoms. The van der Waals surface area contributed by atoms with Gasteiger partial charge in [0.05, 0.1) is 5.70 Å². The van der Waals surface area contributed by atoms with Crippen LogP contribution in [0.2, 0.25) is 0 Å². The third-order valence-corrected chi connectivity index (χ3v) is 8.28. The van der Waals surface area contributed by atoms with Crippen molar-refractivity contribution in [2.45, 2.75) is 44.9 Å². The third-order valence-electron chi connectivity index (χ3n) is 8.28. The van der Waals surface area contributed by atoms with E-state index in [1.807, 2.05) is 12.3 Å². The third kappa shape index (κ3) is 4.66. The monoisotopic (exact) mass is 492 g/mol. The standard InChI is InChI=1S/C31H36N6/c1-3-36(2)20-21-9-11-24(12-10-21)31-35-28(29-30(32)33-17-18-37(29)31)25-14-13-23-15-16-26(34-27(23)19-25)22-7-5-4-6-8-22/h4-8,13-14,16-19,21,23-24H,3,9-12,15,20H2,1-2H3,(H2,32,33). The van der Waals surface area contributed by atoms with Gasteiger partial charge in [0, 0.05) is 42.1 Å². The van der Waals surface area contributed by atoms with Gasteiger partial charge in [-0.2, -0.15) is 0 Å². The molecule has 2 N–H and O–H groups in total. The summed E-state index contributed by atoms with van der Waals surface area (Å²) in [5.41, 5.74) is 12.6. The van der Waals surface area contributed by atoms with Crippen molar-refractivity contribution < 1.29 is 0 Å². The molecule has 1 aromatic carbocycles.